The number of carbonyl (C=O) groups excluding carboxylic acids is 3. The van der Waals surface area contributed by atoms with Crippen LogP contribution in [0.15, 0.2) is 78.2 Å². The van der Waals surface area contributed by atoms with Crippen molar-refractivity contribution in [3.05, 3.63) is 94.2 Å². The molecule has 0 saturated carbocycles. The highest BCUT2D eigenvalue weighted by molar-refractivity contribution is 7.10. The quantitative estimate of drug-likeness (QED) is 0.458. The summed E-state index contributed by atoms with van der Waals surface area (Å²) >= 11 is 1.44. The monoisotopic (exact) mass is 450 g/mol. The third-order valence-electron chi connectivity index (χ3n) is 4.82. The van der Waals surface area contributed by atoms with Crippen LogP contribution in [0.3, 0.4) is 0 Å². The van der Waals surface area contributed by atoms with Gasteiger partial charge < -0.3 is 15.4 Å². The Bertz CT molecular complexity index is 1010. The van der Waals surface area contributed by atoms with Crippen LogP contribution >= 0.6 is 11.3 Å². The molecule has 6 nitrogen and oxygen atoms in total. The first-order chi connectivity index (χ1) is 15.5. The van der Waals surface area contributed by atoms with Gasteiger partial charge in [-0.2, -0.15) is 0 Å². The Hall–Kier alpha value is -3.45. The van der Waals surface area contributed by atoms with Crippen LogP contribution in [0, 0.1) is 0 Å². The lowest BCUT2D eigenvalue weighted by Gasteiger charge is -2.20. The molecular weight excluding hydrogens is 424 g/mol. The number of ether oxygens (including phenoxy) is 1. The van der Waals surface area contributed by atoms with Gasteiger partial charge in [-0.3, -0.25) is 14.4 Å². The zero-order chi connectivity index (χ0) is 22.8. The Labute approximate surface area is 191 Å². The van der Waals surface area contributed by atoms with Crippen molar-refractivity contribution < 1.29 is 19.1 Å². The molecule has 0 radical (unpaired) electrons. The van der Waals surface area contributed by atoms with Crippen molar-refractivity contribution in [1.29, 1.82) is 0 Å². The molecule has 1 heterocycles. The highest BCUT2D eigenvalue weighted by Crippen LogP contribution is 2.22. The van der Waals surface area contributed by atoms with E-state index < -0.39 is 12.0 Å². The largest absolute Gasteiger partial charge is 0.456 e. The van der Waals surface area contributed by atoms with Crippen LogP contribution in [0.25, 0.3) is 0 Å². The molecule has 1 aromatic heterocycles. The summed E-state index contributed by atoms with van der Waals surface area (Å²) in [4.78, 5) is 37.2. The van der Waals surface area contributed by atoms with E-state index in [9.17, 15) is 14.4 Å². The normalized spacial score (nSPS) is 12.4. The number of hydrogen-bond acceptors (Lipinski definition) is 5. The minimum atomic E-state index is -0.549. The number of esters is 1. The van der Waals surface area contributed by atoms with E-state index in [1.807, 2.05) is 78.2 Å². The highest BCUT2D eigenvalue weighted by Gasteiger charge is 2.21. The molecular formula is C25H26N2O4S. The SMILES string of the molecule is CC(=O)NC(CC(=O)OCC(=O)NC(Cc1ccccc1)c1ccccc1)c1cccs1. The molecule has 0 aliphatic rings. The first kappa shape index (κ1) is 23.2. The number of thiophene rings is 1. The molecule has 166 valence electrons. The first-order valence-corrected chi connectivity index (χ1v) is 11.2. The molecule has 0 bridgehead atoms. The zero-order valence-electron chi connectivity index (χ0n) is 17.8. The second kappa shape index (κ2) is 11.8. The molecule has 0 fully saturated rings. The van der Waals surface area contributed by atoms with Gasteiger partial charge in [0, 0.05) is 11.8 Å². The lowest BCUT2D eigenvalue weighted by Crippen LogP contribution is -2.34. The van der Waals surface area contributed by atoms with Crippen LogP contribution in [0.2, 0.25) is 0 Å². The number of nitrogens with one attached hydrogen (secondary N) is 2. The van der Waals surface area contributed by atoms with Gasteiger partial charge in [0.25, 0.3) is 5.91 Å². The number of rotatable bonds is 10. The Morgan fingerprint density at radius 1 is 0.875 bits per heavy atom. The van der Waals surface area contributed by atoms with Crippen LogP contribution in [0.4, 0.5) is 0 Å². The summed E-state index contributed by atoms with van der Waals surface area (Å²) < 4.78 is 5.20. The fraction of sp³-hybridized carbons (Fsp3) is 0.240. The van der Waals surface area contributed by atoms with Gasteiger partial charge in [-0.1, -0.05) is 66.7 Å². The summed E-state index contributed by atoms with van der Waals surface area (Å²) in [6.45, 7) is 1.02. The molecule has 2 amide bonds. The van der Waals surface area contributed by atoms with Crippen LogP contribution in [0.1, 0.15) is 41.4 Å². The Morgan fingerprint density at radius 2 is 1.56 bits per heavy atom. The van der Waals surface area contributed by atoms with Crippen molar-refractivity contribution in [2.24, 2.45) is 0 Å². The summed E-state index contributed by atoms with van der Waals surface area (Å²) in [7, 11) is 0. The Morgan fingerprint density at radius 3 is 2.19 bits per heavy atom. The maximum Gasteiger partial charge on any atom is 0.308 e. The number of benzene rings is 2. The van der Waals surface area contributed by atoms with Crippen LogP contribution < -0.4 is 10.6 Å². The van der Waals surface area contributed by atoms with E-state index in [1.165, 1.54) is 18.3 Å². The van der Waals surface area contributed by atoms with Crippen LogP contribution in [0.5, 0.6) is 0 Å². The van der Waals surface area contributed by atoms with Crippen LogP contribution in [-0.4, -0.2) is 24.4 Å². The molecule has 0 aliphatic heterocycles. The molecule has 3 aromatic rings. The topological polar surface area (TPSA) is 84.5 Å². The summed E-state index contributed by atoms with van der Waals surface area (Å²) in [5.74, 6) is -1.16. The Kier molecular flexibility index (Phi) is 8.57. The lowest BCUT2D eigenvalue weighted by atomic mass is 9.99. The number of hydrogen-bond donors (Lipinski definition) is 2. The van der Waals surface area contributed by atoms with Crippen molar-refractivity contribution in [2.75, 3.05) is 6.61 Å². The molecule has 32 heavy (non-hydrogen) atoms. The average molecular weight is 451 g/mol. The molecule has 0 spiro atoms. The van der Waals surface area contributed by atoms with Crippen molar-refractivity contribution in [2.45, 2.75) is 31.8 Å². The van der Waals surface area contributed by atoms with E-state index >= 15 is 0 Å². The van der Waals surface area contributed by atoms with Gasteiger partial charge in [0.1, 0.15) is 0 Å². The molecule has 0 saturated heterocycles. The second-order valence-corrected chi connectivity index (χ2v) is 8.33. The van der Waals surface area contributed by atoms with Crippen molar-refractivity contribution in [3.8, 4) is 0 Å². The lowest BCUT2D eigenvalue weighted by molar-refractivity contribution is -0.149. The smallest absolute Gasteiger partial charge is 0.308 e. The fourth-order valence-corrected chi connectivity index (χ4v) is 4.13. The molecule has 0 aliphatic carbocycles. The van der Waals surface area contributed by atoms with E-state index in [0.717, 1.165) is 16.0 Å². The minimum Gasteiger partial charge on any atom is -0.456 e. The van der Waals surface area contributed by atoms with Gasteiger partial charge in [0.05, 0.1) is 18.5 Å². The van der Waals surface area contributed by atoms with Gasteiger partial charge >= 0.3 is 5.97 Å². The first-order valence-electron chi connectivity index (χ1n) is 10.4. The molecule has 2 unspecified atom stereocenters. The standard InChI is InChI=1S/C25H26N2O4S/c1-18(28)26-22(23-13-8-14-32-23)16-25(30)31-17-24(29)27-21(20-11-6-3-7-12-20)15-19-9-4-2-5-10-19/h2-14,21-22H,15-17H2,1H3,(H,26,28)(H,27,29). The maximum atomic E-state index is 12.6. The van der Waals surface area contributed by atoms with E-state index in [4.69, 9.17) is 4.74 Å². The minimum absolute atomic E-state index is 0.0422. The van der Waals surface area contributed by atoms with Gasteiger partial charge in [-0.05, 0) is 29.0 Å². The predicted octanol–water partition coefficient (Wildman–Crippen LogP) is 3.96. The van der Waals surface area contributed by atoms with E-state index in [2.05, 4.69) is 10.6 Å². The van der Waals surface area contributed by atoms with E-state index in [0.29, 0.717) is 6.42 Å². The second-order valence-electron chi connectivity index (χ2n) is 7.35. The average Bonchev–Trinajstić information content (AvgIpc) is 3.33. The fourth-order valence-electron chi connectivity index (χ4n) is 3.35. The third kappa shape index (κ3) is 7.35. The predicted molar refractivity (Wildman–Crippen MR) is 124 cm³/mol. The van der Waals surface area contributed by atoms with Gasteiger partial charge in [-0.25, -0.2) is 0 Å². The molecule has 2 aromatic carbocycles. The van der Waals surface area contributed by atoms with Crippen molar-refractivity contribution in [1.82, 2.24) is 10.6 Å². The molecule has 3 rings (SSSR count). The summed E-state index contributed by atoms with van der Waals surface area (Å²) in [5, 5.41) is 7.59. The van der Waals surface area contributed by atoms with Gasteiger partial charge in [-0.15, -0.1) is 11.3 Å². The third-order valence-corrected chi connectivity index (χ3v) is 5.80. The van der Waals surface area contributed by atoms with Crippen molar-refractivity contribution in [3.63, 3.8) is 0 Å². The number of carbonyl (C=O) groups is 3. The highest BCUT2D eigenvalue weighted by atomic mass is 32.1. The van der Waals surface area contributed by atoms with Gasteiger partial charge in [0.2, 0.25) is 5.91 Å². The van der Waals surface area contributed by atoms with Gasteiger partial charge in [0.15, 0.2) is 6.61 Å². The molecule has 7 heteroatoms. The van der Waals surface area contributed by atoms with Crippen LogP contribution in [-0.2, 0) is 25.5 Å². The summed E-state index contributed by atoms with van der Waals surface area (Å²) in [5.41, 5.74) is 2.06. The number of amides is 2. The molecule has 2 atom stereocenters. The maximum absolute atomic E-state index is 12.6. The molecule has 2 N–H and O–H groups in total. The summed E-state index contributed by atoms with van der Waals surface area (Å²) in [6.07, 6.45) is 0.576. The van der Waals surface area contributed by atoms with E-state index in [-0.39, 0.29) is 30.9 Å². The zero-order valence-corrected chi connectivity index (χ0v) is 18.6. The Balaban J connectivity index is 1.57. The van der Waals surface area contributed by atoms with E-state index in [1.54, 1.807) is 0 Å². The summed E-state index contributed by atoms with van der Waals surface area (Å²) in [6, 6.07) is 22.5. The van der Waals surface area contributed by atoms with Crippen molar-refractivity contribution >= 4 is 29.1 Å².